The lowest BCUT2D eigenvalue weighted by molar-refractivity contribution is 0.248. The molecule has 3 rings (SSSR count). The number of aromatic nitrogens is 1. The smallest absolute Gasteiger partial charge is 0.101 e. The van der Waals surface area contributed by atoms with Crippen LogP contribution in [0, 0.1) is 17.2 Å². The Morgan fingerprint density at radius 2 is 2.06 bits per heavy atom. The third-order valence-electron chi connectivity index (χ3n) is 3.85. The van der Waals surface area contributed by atoms with Crippen LogP contribution in [0.5, 0.6) is 0 Å². The molecule has 4 nitrogen and oxygen atoms in total. The molecule has 0 aromatic carbocycles. The number of piperazine rings is 1. The summed E-state index contributed by atoms with van der Waals surface area (Å²) in [5.41, 5.74) is 1.73. The number of anilines is 1. The lowest BCUT2D eigenvalue weighted by atomic mass is 10.2. The minimum Gasteiger partial charge on any atom is -0.367 e. The Balaban J connectivity index is 1.63. The third kappa shape index (κ3) is 2.46. The molecule has 0 spiro atoms. The second-order valence-corrected chi connectivity index (χ2v) is 5.24. The monoisotopic (exact) mass is 242 g/mol. The van der Waals surface area contributed by atoms with E-state index in [1.54, 1.807) is 12.3 Å². The number of rotatable bonds is 3. The first-order valence-electron chi connectivity index (χ1n) is 6.68. The van der Waals surface area contributed by atoms with Gasteiger partial charge in [0.1, 0.15) is 6.07 Å². The third-order valence-corrected chi connectivity index (χ3v) is 3.85. The average molecular weight is 242 g/mol. The highest BCUT2D eigenvalue weighted by atomic mass is 15.3. The van der Waals surface area contributed by atoms with Crippen LogP contribution in [-0.4, -0.2) is 42.6 Å². The molecule has 0 atom stereocenters. The molecule has 0 bridgehead atoms. The molecule has 0 N–H and O–H groups in total. The molecule has 0 amide bonds. The van der Waals surface area contributed by atoms with Crippen molar-refractivity contribution in [2.75, 3.05) is 37.6 Å². The molecule has 2 fully saturated rings. The molecule has 2 aliphatic rings. The van der Waals surface area contributed by atoms with Crippen LogP contribution in [-0.2, 0) is 0 Å². The summed E-state index contributed by atoms with van der Waals surface area (Å²) in [4.78, 5) is 8.98. The summed E-state index contributed by atoms with van der Waals surface area (Å²) >= 11 is 0. The molecule has 1 aliphatic heterocycles. The van der Waals surface area contributed by atoms with Gasteiger partial charge in [-0.15, -0.1) is 0 Å². The molecule has 94 valence electrons. The van der Waals surface area contributed by atoms with Crippen molar-refractivity contribution < 1.29 is 0 Å². The zero-order chi connectivity index (χ0) is 12.4. The van der Waals surface area contributed by atoms with Crippen LogP contribution < -0.4 is 4.90 Å². The van der Waals surface area contributed by atoms with Crippen molar-refractivity contribution in [1.29, 1.82) is 5.26 Å². The molecule has 0 radical (unpaired) electrons. The van der Waals surface area contributed by atoms with Crippen molar-refractivity contribution in [2.45, 2.75) is 12.8 Å². The Bertz CT molecular complexity index is 453. The SMILES string of the molecule is N#Cc1ccncc1N1CCN(CC2CC2)CC1. The van der Waals surface area contributed by atoms with Gasteiger partial charge in [0.2, 0.25) is 0 Å². The van der Waals surface area contributed by atoms with E-state index in [9.17, 15) is 0 Å². The van der Waals surface area contributed by atoms with Crippen LogP contribution >= 0.6 is 0 Å². The van der Waals surface area contributed by atoms with E-state index in [0.29, 0.717) is 0 Å². The molecule has 4 heteroatoms. The van der Waals surface area contributed by atoms with Crippen LogP contribution in [0.3, 0.4) is 0 Å². The van der Waals surface area contributed by atoms with E-state index in [4.69, 9.17) is 5.26 Å². The van der Waals surface area contributed by atoms with Crippen LogP contribution in [0.2, 0.25) is 0 Å². The van der Waals surface area contributed by atoms with Crippen LogP contribution in [0.15, 0.2) is 18.5 Å². The molecule has 2 heterocycles. The highest BCUT2D eigenvalue weighted by Gasteiger charge is 2.26. The average Bonchev–Trinajstić information content (AvgIpc) is 3.24. The highest BCUT2D eigenvalue weighted by Crippen LogP contribution is 2.30. The van der Waals surface area contributed by atoms with Crippen molar-refractivity contribution in [2.24, 2.45) is 5.92 Å². The Kier molecular flexibility index (Phi) is 3.16. The van der Waals surface area contributed by atoms with E-state index in [2.05, 4.69) is 20.9 Å². The summed E-state index contributed by atoms with van der Waals surface area (Å²) in [6.45, 7) is 5.50. The lowest BCUT2D eigenvalue weighted by Gasteiger charge is -2.36. The molecule has 0 unspecified atom stereocenters. The van der Waals surface area contributed by atoms with Crippen molar-refractivity contribution in [3.05, 3.63) is 24.0 Å². The van der Waals surface area contributed by atoms with Crippen LogP contribution in [0.1, 0.15) is 18.4 Å². The summed E-state index contributed by atoms with van der Waals surface area (Å²) in [5, 5.41) is 9.11. The second kappa shape index (κ2) is 4.95. The predicted molar refractivity (Wildman–Crippen MR) is 70.3 cm³/mol. The molecule has 1 saturated heterocycles. The largest absolute Gasteiger partial charge is 0.367 e. The maximum Gasteiger partial charge on any atom is 0.101 e. The maximum atomic E-state index is 9.11. The van der Waals surface area contributed by atoms with Gasteiger partial charge in [-0.05, 0) is 24.8 Å². The van der Waals surface area contributed by atoms with Crippen molar-refractivity contribution in [3.63, 3.8) is 0 Å². The van der Waals surface area contributed by atoms with E-state index >= 15 is 0 Å². The Morgan fingerprint density at radius 3 is 2.72 bits per heavy atom. The van der Waals surface area contributed by atoms with Gasteiger partial charge >= 0.3 is 0 Å². The summed E-state index contributed by atoms with van der Waals surface area (Å²) < 4.78 is 0. The lowest BCUT2D eigenvalue weighted by Crippen LogP contribution is -2.47. The normalized spacial score (nSPS) is 20.7. The van der Waals surface area contributed by atoms with Crippen LogP contribution in [0.25, 0.3) is 0 Å². The first kappa shape index (κ1) is 11.5. The highest BCUT2D eigenvalue weighted by molar-refractivity contribution is 5.57. The zero-order valence-corrected chi connectivity index (χ0v) is 10.5. The number of pyridine rings is 1. The van der Waals surface area contributed by atoms with E-state index in [1.807, 2.05) is 6.20 Å². The minimum absolute atomic E-state index is 0.737. The van der Waals surface area contributed by atoms with Gasteiger partial charge in [-0.25, -0.2) is 0 Å². The molecule has 1 aliphatic carbocycles. The zero-order valence-electron chi connectivity index (χ0n) is 10.5. The van der Waals surface area contributed by atoms with E-state index in [1.165, 1.54) is 19.4 Å². The van der Waals surface area contributed by atoms with Crippen molar-refractivity contribution in [3.8, 4) is 6.07 Å². The molecule has 1 saturated carbocycles. The fourth-order valence-electron chi connectivity index (χ4n) is 2.57. The minimum atomic E-state index is 0.737. The van der Waals surface area contributed by atoms with Crippen molar-refractivity contribution in [1.82, 2.24) is 9.88 Å². The fraction of sp³-hybridized carbons (Fsp3) is 0.571. The summed E-state index contributed by atoms with van der Waals surface area (Å²) in [5.74, 6) is 0.963. The van der Waals surface area contributed by atoms with Gasteiger partial charge < -0.3 is 4.90 Å². The van der Waals surface area contributed by atoms with Gasteiger partial charge in [-0.1, -0.05) is 0 Å². The summed E-state index contributed by atoms with van der Waals surface area (Å²) in [6, 6.07) is 4.05. The summed E-state index contributed by atoms with van der Waals surface area (Å²) in [7, 11) is 0. The molecular weight excluding hydrogens is 224 g/mol. The molecule has 1 aromatic heterocycles. The Hall–Kier alpha value is -1.60. The fourth-order valence-corrected chi connectivity index (χ4v) is 2.57. The quantitative estimate of drug-likeness (QED) is 0.805. The maximum absolute atomic E-state index is 9.11. The van der Waals surface area contributed by atoms with Gasteiger partial charge in [0, 0.05) is 38.9 Å². The van der Waals surface area contributed by atoms with Crippen molar-refractivity contribution >= 4 is 5.69 Å². The standard InChI is InChI=1S/C14H18N4/c15-9-13-3-4-16-10-14(13)18-7-5-17(6-8-18)11-12-1-2-12/h3-4,10,12H,1-2,5-8,11H2. The first-order chi connectivity index (χ1) is 8.86. The van der Waals surface area contributed by atoms with Gasteiger partial charge in [0.15, 0.2) is 0 Å². The van der Waals surface area contributed by atoms with E-state index in [-0.39, 0.29) is 0 Å². The predicted octanol–water partition coefficient (Wildman–Crippen LogP) is 1.49. The first-order valence-corrected chi connectivity index (χ1v) is 6.68. The number of nitriles is 1. The molecule has 18 heavy (non-hydrogen) atoms. The van der Waals surface area contributed by atoms with E-state index in [0.717, 1.165) is 43.3 Å². The number of nitrogens with zero attached hydrogens (tertiary/aromatic N) is 4. The molecular formula is C14H18N4. The number of hydrogen-bond acceptors (Lipinski definition) is 4. The van der Waals surface area contributed by atoms with Gasteiger partial charge in [0.05, 0.1) is 17.4 Å². The topological polar surface area (TPSA) is 43.2 Å². The van der Waals surface area contributed by atoms with E-state index < -0.39 is 0 Å². The van der Waals surface area contributed by atoms with Crippen LogP contribution in [0.4, 0.5) is 5.69 Å². The number of hydrogen-bond donors (Lipinski definition) is 0. The summed E-state index contributed by atoms with van der Waals surface area (Å²) in [6.07, 6.45) is 6.34. The Morgan fingerprint density at radius 1 is 1.28 bits per heavy atom. The van der Waals surface area contributed by atoms with Gasteiger partial charge in [-0.3, -0.25) is 9.88 Å². The molecule has 1 aromatic rings. The second-order valence-electron chi connectivity index (χ2n) is 5.24. The van der Waals surface area contributed by atoms with Gasteiger partial charge in [0.25, 0.3) is 0 Å². The van der Waals surface area contributed by atoms with Gasteiger partial charge in [-0.2, -0.15) is 5.26 Å². The Labute approximate surface area is 108 Å².